The van der Waals surface area contributed by atoms with Gasteiger partial charge in [-0.15, -0.1) is 0 Å². The Hall–Kier alpha value is -1.43. The second-order valence-electron chi connectivity index (χ2n) is 5.08. The third-order valence-corrected chi connectivity index (χ3v) is 3.89. The first-order chi connectivity index (χ1) is 9.17. The maximum Gasteiger partial charge on any atom is 0.295 e. The number of carbonyl (C=O) groups is 1. The molecule has 0 radical (unpaired) electrons. The minimum atomic E-state index is -0.148. The summed E-state index contributed by atoms with van der Waals surface area (Å²) in [5.74, 6) is 0.800. The molecule has 6 nitrogen and oxygen atoms in total. The molecule has 1 amide bonds. The number of hydrogen-bond donors (Lipinski definition) is 1. The number of rotatable bonds is 4. The van der Waals surface area contributed by atoms with E-state index < -0.39 is 0 Å². The van der Waals surface area contributed by atoms with Crippen molar-refractivity contribution in [3.05, 3.63) is 11.7 Å². The highest BCUT2D eigenvalue weighted by Gasteiger charge is 2.33. The van der Waals surface area contributed by atoms with E-state index in [9.17, 15) is 4.79 Å². The topological polar surface area (TPSA) is 85.2 Å². The Kier molecular flexibility index (Phi) is 4.52. The summed E-state index contributed by atoms with van der Waals surface area (Å²) in [5, 5.41) is 3.72. The minimum absolute atomic E-state index is 0.148. The number of amides is 1. The van der Waals surface area contributed by atoms with Crippen molar-refractivity contribution in [2.45, 2.75) is 45.6 Å². The molecule has 106 valence electrons. The summed E-state index contributed by atoms with van der Waals surface area (Å²) >= 11 is 0. The van der Waals surface area contributed by atoms with Crippen molar-refractivity contribution in [3.63, 3.8) is 0 Å². The molecular formula is C13H22N4O2. The molecule has 1 fully saturated rings. The molecule has 6 heteroatoms. The Balaban J connectivity index is 2.16. The van der Waals surface area contributed by atoms with Crippen LogP contribution in [0.3, 0.4) is 0 Å². The van der Waals surface area contributed by atoms with Crippen LogP contribution in [0, 0.1) is 12.8 Å². The molecule has 2 N–H and O–H groups in total. The molecule has 2 unspecified atom stereocenters. The van der Waals surface area contributed by atoms with Gasteiger partial charge in [0.1, 0.15) is 0 Å². The Morgan fingerprint density at radius 2 is 2.21 bits per heavy atom. The molecule has 0 saturated heterocycles. The van der Waals surface area contributed by atoms with Gasteiger partial charge in [-0.2, -0.15) is 4.98 Å². The summed E-state index contributed by atoms with van der Waals surface area (Å²) in [6.45, 7) is 4.93. The third kappa shape index (κ3) is 2.94. The smallest absolute Gasteiger partial charge is 0.295 e. The lowest BCUT2D eigenvalue weighted by Crippen LogP contribution is -2.48. The van der Waals surface area contributed by atoms with E-state index in [2.05, 4.69) is 10.1 Å². The molecule has 2 rings (SSSR count). The fourth-order valence-corrected chi connectivity index (χ4v) is 2.92. The van der Waals surface area contributed by atoms with Crippen molar-refractivity contribution < 1.29 is 9.32 Å². The van der Waals surface area contributed by atoms with Gasteiger partial charge in [-0.3, -0.25) is 4.79 Å². The molecule has 0 aliphatic heterocycles. The maximum absolute atomic E-state index is 12.5. The maximum atomic E-state index is 12.5. The van der Waals surface area contributed by atoms with E-state index in [-0.39, 0.29) is 17.8 Å². The molecule has 19 heavy (non-hydrogen) atoms. The van der Waals surface area contributed by atoms with Crippen molar-refractivity contribution in [2.75, 3.05) is 13.1 Å². The molecule has 0 spiro atoms. The van der Waals surface area contributed by atoms with Gasteiger partial charge in [0.2, 0.25) is 5.89 Å². The van der Waals surface area contributed by atoms with E-state index in [4.69, 9.17) is 10.3 Å². The van der Waals surface area contributed by atoms with Crippen molar-refractivity contribution in [1.29, 1.82) is 0 Å². The average Bonchev–Trinajstić information content (AvgIpc) is 2.86. The predicted molar refractivity (Wildman–Crippen MR) is 70.5 cm³/mol. The SMILES string of the molecule is CCN(C(=O)c1noc(C)n1)C1CCCCC1CN. The van der Waals surface area contributed by atoms with Gasteiger partial charge in [-0.1, -0.05) is 18.0 Å². The van der Waals surface area contributed by atoms with Crippen LogP contribution in [0.15, 0.2) is 4.52 Å². The Labute approximate surface area is 113 Å². The van der Waals surface area contributed by atoms with Gasteiger partial charge in [0.25, 0.3) is 11.7 Å². The molecule has 1 saturated carbocycles. The van der Waals surface area contributed by atoms with Crippen LogP contribution in [0.2, 0.25) is 0 Å². The first-order valence-corrected chi connectivity index (χ1v) is 6.98. The normalized spacial score (nSPS) is 23.3. The van der Waals surface area contributed by atoms with E-state index in [0.29, 0.717) is 24.9 Å². The Morgan fingerprint density at radius 1 is 1.47 bits per heavy atom. The first-order valence-electron chi connectivity index (χ1n) is 6.98. The van der Waals surface area contributed by atoms with Gasteiger partial charge >= 0.3 is 0 Å². The van der Waals surface area contributed by atoms with Crippen molar-refractivity contribution in [3.8, 4) is 0 Å². The van der Waals surface area contributed by atoms with Gasteiger partial charge in [0.05, 0.1) is 0 Å². The van der Waals surface area contributed by atoms with Crippen LogP contribution in [0.5, 0.6) is 0 Å². The number of aromatic nitrogens is 2. The third-order valence-electron chi connectivity index (χ3n) is 3.89. The zero-order valence-electron chi connectivity index (χ0n) is 11.6. The number of carbonyl (C=O) groups excluding carboxylic acids is 1. The zero-order chi connectivity index (χ0) is 13.8. The highest BCUT2D eigenvalue weighted by molar-refractivity contribution is 5.90. The van der Waals surface area contributed by atoms with Crippen LogP contribution in [0.4, 0.5) is 0 Å². The fourth-order valence-electron chi connectivity index (χ4n) is 2.92. The summed E-state index contributed by atoms with van der Waals surface area (Å²) in [7, 11) is 0. The van der Waals surface area contributed by atoms with E-state index in [1.165, 1.54) is 6.42 Å². The predicted octanol–water partition coefficient (Wildman–Crippen LogP) is 1.36. The van der Waals surface area contributed by atoms with Crippen LogP contribution in [0.25, 0.3) is 0 Å². The molecule has 0 bridgehead atoms. The molecule has 1 heterocycles. The number of nitrogens with zero attached hydrogens (tertiary/aromatic N) is 3. The van der Waals surface area contributed by atoms with E-state index >= 15 is 0 Å². The van der Waals surface area contributed by atoms with Crippen LogP contribution in [-0.2, 0) is 0 Å². The highest BCUT2D eigenvalue weighted by atomic mass is 16.5. The van der Waals surface area contributed by atoms with Gasteiger partial charge in [0, 0.05) is 19.5 Å². The summed E-state index contributed by atoms with van der Waals surface area (Å²) < 4.78 is 4.89. The van der Waals surface area contributed by atoms with Crippen LogP contribution in [-0.4, -0.2) is 40.1 Å². The highest BCUT2D eigenvalue weighted by Crippen LogP contribution is 2.28. The molecule has 1 aromatic heterocycles. The van der Waals surface area contributed by atoms with Gasteiger partial charge < -0.3 is 15.2 Å². The standard InChI is InChI=1S/C13H22N4O2/c1-3-17(11-7-5-4-6-10(11)8-14)13(18)12-15-9(2)19-16-12/h10-11H,3-8,14H2,1-2H3. The molecule has 1 aliphatic rings. The lowest BCUT2D eigenvalue weighted by Gasteiger charge is -2.38. The molecule has 0 aromatic carbocycles. The first kappa shape index (κ1) is 14.0. The lowest BCUT2D eigenvalue weighted by molar-refractivity contribution is 0.0544. The summed E-state index contributed by atoms with van der Waals surface area (Å²) in [6, 6.07) is 0.204. The van der Waals surface area contributed by atoms with Crippen LogP contribution < -0.4 is 5.73 Å². The Morgan fingerprint density at radius 3 is 2.79 bits per heavy atom. The average molecular weight is 266 g/mol. The summed E-state index contributed by atoms with van der Waals surface area (Å²) in [6.07, 6.45) is 4.45. The second-order valence-corrected chi connectivity index (χ2v) is 5.08. The monoisotopic (exact) mass is 266 g/mol. The van der Waals surface area contributed by atoms with Gasteiger partial charge in [-0.25, -0.2) is 0 Å². The quantitative estimate of drug-likeness (QED) is 0.889. The lowest BCUT2D eigenvalue weighted by atomic mass is 9.83. The summed E-state index contributed by atoms with van der Waals surface area (Å²) in [4.78, 5) is 18.3. The number of aryl methyl sites for hydroxylation is 1. The van der Waals surface area contributed by atoms with E-state index in [1.54, 1.807) is 6.92 Å². The zero-order valence-corrected chi connectivity index (χ0v) is 11.6. The van der Waals surface area contributed by atoms with Crippen molar-refractivity contribution in [2.24, 2.45) is 11.7 Å². The molecule has 2 atom stereocenters. The molecule has 1 aromatic rings. The largest absolute Gasteiger partial charge is 0.339 e. The van der Waals surface area contributed by atoms with Crippen LogP contribution >= 0.6 is 0 Å². The number of nitrogens with two attached hydrogens (primary N) is 1. The van der Waals surface area contributed by atoms with Gasteiger partial charge in [0.15, 0.2) is 0 Å². The van der Waals surface area contributed by atoms with Crippen LogP contribution in [0.1, 0.15) is 49.1 Å². The second kappa shape index (κ2) is 6.14. The Bertz CT molecular complexity index is 432. The van der Waals surface area contributed by atoms with E-state index in [1.807, 2.05) is 11.8 Å². The minimum Gasteiger partial charge on any atom is -0.339 e. The fraction of sp³-hybridized carbons (Fsp3) is 0.769. The molecular weight excluding hydrogens is 244 g/mol. The molecule has 1 aliphatic carbocycles. The van der Waals surface area contributed by atoms with E-state index in [0.717, 1.165) is 19.3 Å². The van der Waals surface area contributed by atoms with Crippen molar-refractivity contribution >= 4 is 5.91 Å². The number of hydrogen-bond acceptors (Lipinski definition) is 5. The summed E-state index contributed by atoms with van der Waals surface area (Å²) in [5.41, 5.74) is 5.84. The van der Waals surface area contributed by atoms with Gasteiger partial charge in [-0.05, 0) is 32.2 Å². The van der Waals surface area contributed by atoms with Crippen molar-refractivity contribution in [1.82, 2.24) is 15.0 Å².